The number of hydrogen-bond donors (Lipinski definition) is 2. The van der Waals surface area contributed by atoms with Gasteiger partial charge in [-0.15, -0.1) is 70.6 Å². The molecule has 0 aromatic heterocycles. The van der Waals surface area contributed by atoms with Gasteiger partial charge in [0, 0.05) is 63.0 Å². The summed E-state index contributed by atoms with van der Waals surface area (Å²) in [7, 11) is 0. The summed E-state index contributed by atoms with van der Waals surface area (Å²) in [6.07, 6.45) is 3.83. The largest absolute Gasteiger partial charge is 0.449 e. The zero-order valence-electron chi connectivity index (χ0n) is 21.4. The Bertz CT molecular complexity index is 543. The van der Waals surface area contributed by atoms with Gasteiger partial charge in [0.15, 0.2) is 0 Å². The predicted octanol–water partition coefficient (Wildman–Crippen LogP) is 4.69. The average Bonchev–Trinajstić information content (AvgIpc) is 2.90. The molecule has 0 aromatic rings. The van der Waals surface area contributed by atoms with E-state index in [0.29, 0.717) is 39.3 Å². The molecule has 1 amide bonds. The summed E-state index contributed by atoms with van der Waals surface area (Å²) in [5.74, 6) is 3.43. The van der Waals surface area contributed by atoms with Crippen LogP contribution in [0.15, 0.2) is 9.98 Å². The van der Waals surface area contributed by atoms with Gasteiger partial charge in [-0.05, 0) is 12.8 Å². The number of aliphatic hydroxyl groups excluding tert-OH is 1. The van der Waals surface area contributed by atoms with Crippen LogP contribution in [0.1, 0.15) is 19.8 Å². The molecule has 0 aliphatic carbocycles. The number of alkyl carbamates (subject to hydrolysis) is 1. The summed E-state index contributed by atoms with van der Waals surface area (Å²) in [5.41, 5.74) is 0. The highest BCUT2D eigenvalue weighted by Crippen LogP contribution is 2.18. The number of amides is 1. The van der Waals surface area contributed by atoms with Crippen molar-refractivity contribution in [1.82, 2.24) is 5.32 Å². The summed E-state index contributed by atoms with van der Waals surface area (Å²) in [4.78, 5) is 39.1. The Hall–Kier alpha value is 0.190. The van der Waals surface area contributed by atoms with E-state index in [-0.39, 0.29) is 12.7 Å². The number of aliphatic imine (C=N–C) groups is 2. The first-order valence-corrected chi connectivity index (χ1v) is 18.7. The molecule has 0 fully saturated rings. The molecule has 0 unspecified atom stereocenters. The van der Waals surface area contributed by atoms with Crippen LogP contribution in [0.5, 0.6) is 0 Å². The molecule has 0 saturated heterocycles. The monoisotopic (exact) mass is 639 g/mol. The van der Waals surface area contributed by atoms with Crippen molar-refractivity contribution >= 4 is 89.5 Å². The van der Waals surface area contributed by atoms with E-state index in [0.717, 1.165) is 56.3 Å². The number of rotatable bonds is 29. The quantitative estimate of drug-likeness (QED) is 0.0294. The molecule has 0 bridgehead atoms. The lowest BCUT2D eigenvalue weighted by Gasteiger charge is -2.07. The maximum Gasteiger partial charge on any atom is 0.407 e. The van der Waals surface area contributed by atoms with E-state index < -0.39 is 0 Å². The van der Waals surface area contributed by atoms with Crippen molar-refractivity contribution in [2.75, 3.05) is 89.4 Å². The number of nitrogens with one attached hydrogen (secondary N) is 1. The van der Waals surface area contributed by atoms with Gasteiger partial charge in [0.05, 0.1) is 13.2 Å². The van der Waals surface area contributed by atoms with Gasteiger partial charge in [-0.25, -0.2) is 4.79 Å². The van der Waals surface area contributed by atoms with E-state index in [9.17, 15) is 4.79 Å². The third-order valence-electron chi connectivity index (χ3n) is 3.43. The molecule has 10 nitrogen and oxygen atoms in total. The number of nitrogens with zero attached hydrogens (tertiary/aromatic N) is 2. The van der Waals surface area contributed by atoms with Gasteiger partial charge in [-0.1, -0.05) is 6.92 Å². The maximum absolute atomic E-state index is 11.7. The van der Waals surface area contributed by atoms with Gasteiger partial charge >= 0.3 is 6.09 Å². The Labute approximate surface area is 246 Å². The minimum absolute atomic E-state index is 0.0846. The van der Waals surface area contributed by atoms with Crippen LogP contribution in [0.25, 0.3) is 0 Å². The topological polar surface area (TPSA) is 120 Å². The first-order valence-electron chi connectivity index (χ1n) is 11.8. The molecule has 0 aliphatic rings. The molecule has 0 heterocycles. The number of ether oxygens (including phenoxy) is 1. The fourth-order valence-electron chi connectivity index (χ4n) is 1.80. The zero-order valence-corrected chi connectivity index (χ0v) is 26.3. The van der Waals surface area contributed by atoms with E-state index in [2.05, 4.69) is 22.2 Å². The van der Waals surface area contributed by atoms with Gasteiger partial charge in [-0.2, -0.15) is 9.78 Å². The van der Waals surface area contributed by atoms with Crippen LogP contribution in [0.3, 0.4) is 0 Å². The van der Waals surface area contributed by atoms with Crippen molar-refractivity contribution in [3.63, 3.8) is 0 Å². The van der Waals surface area contributed by atoms with Crippen LogP contribution >= 0.6 is 70.6 Å². The second-order valence-corrected chi connectivity index (χ2v) is 14.4. The van der Waals surface area contributed by atoms with Gasteiger partial charge < -0.3 is 24.9 Å². The molecule has 0 aliphatic heterocycles. The van der Waals surface area contributed by atoms with Crippen LogP contribution in [0.4, 0.5) is 4.79 Å². The molecule has 0 spiro atoms. The van der Waals surface area contributed by atoms with E-state index in [1.165, 1.54) is 12.8 Å². The second-order valence-electron chi connectivity index (χ2n) is 6.51. The molecule has 37 heavy (non-hydrogen) atoms. The van der Waals surface area contributed by atoms with Crippen LogP contribution in [0.2, 0.25) is 0 Å². The fourth-order valence-corrected chi connectivity index (χ4v) is 8.20. The Morgan fingerprint density at radius 1 is 0.784 bits per heavy atom. The molecule has 0 atom stereocenters. The lowest BCUT2D eigenvalue weighted by Crippen LogP contribution is -2.27. The van der Waals surface area contributed by atoms with Crippen LogP contribution in [-0.4, -0.2) is 113 Å². The van der Waals surface area contributed by atoms with Crippen molar-refractivity contribution in [2.45, 2.75) is 19.8 Å². The minimum atomic E-state index is -0.349. The van der Waals surface area contributed by atoms with Gasteiger partial charge in [0.1, 0.15) is 13.2 Å². The summed E-state index contributed by atoms with van der Waals surface area (Å²) in [5, 5.41) is 15.3. The summed E-state index contributed by atoms with van der Waals surface area (Å²) in [6.45, 7) is 5.48. The lowest BCUT2D eigenvalue weighted by atomic mass is 10.5. The minimum Gasteiger partial charge on any atom is -0.449 e. The predicted molar refractivity (Wildman–Crippen MR) is 167 cm³/mol. The smallest absolute Gasteiger partial charge is 0.407 e. The van der Waals surface area contributed by atoms with E-state index in [4.69, 9.17) is 29.4 Å². The number of thioether (sulfide) groups is 6. The third kappa shape index (κ3) is 34.2. The Morgan fingerprint density at radius 3 is 2.05 bits per heavy atom. The summed E-state index contributed by atoms with van der Waals surface area (Å²) >= 11 is 10.9. The average molecular weight is 640 g/mol. The van der Waals surface area contributed by atoms with Crippen LogP contribution in [0, 0.1) is 0 Å². The number of carbonyl (C=O) groups excluding carboxylic acids is 1. The number of aliphatic hydroxyl groups is 1. The molecule has 218 valence electrons. The molecule has 0 aromatic carbocycles. The first-order chi connectivity index (χ1) is 18.3. The highest BCUT2D eigenvalue weighted by molar-refractivity contribution is 8.23. The normalized spacial score (nSPS) is 11.4. The Morgan fingerprint density at radius 2 is 1.38 bits per heavy atom. The molecule has 16 heteroatoms. The van der Waals surface area contributed by atoms with E-state index in [1.54, 1.807) is 35.3 Å². The van der Waals surface area contributed by atoms with E-state index >= 15 is 0 Å². The highest BCUT2D eigenvalue weighted by Gasteiger charge is 2.01. The second kappa shape index (κ2) is 34.2. The van der Waals surface area contributed by atoms with Crippen molar-refractivity contribution in [1.29, 1.82) is 0 Å². The zero-order chi connectivity index (χ0) is 26.9. The maximum atomic E-state index is 11.7. The molecule has 0 saturated carbocycles. The van der Waals surface area contributed by atoms with Crippen molar-refractivity contribution in [2.24, 2.45) is 9.98 Å². The van der Waals surface area contributed by atoms with Gasteiger partial charge in [0.2, 0.25) is 12.8 Å². The van der Waals surface area contributed by atoms with Crippen molar-refractivity contribution < 1.29 is 34.2 Å². The Kier molecular flexibility index (Phi) is 34.4. The van der Waals surface area contributed by atoms with E-state index in [1.807, 2.05) is 35.3 Å². The standard InChI is InChI=1S/C21H41N3O7S6/c1-2-4-22-15-31-29-10-14-35-20-37-19-34-13-9-27-21(26)24-6-12-33-18-36-17-32-11-5-23-16-30-28-8-3-7-25/h15-16,25H,2-14,17-20H2,1H3,(H,24,26)/b22-15+,23-16+. The molecular weight excluding hydrogens is 599 g/mol. The fraction of sp³-hybridized carbons (Fsp3) is 0.857. The summed E-state index contributed by atoms with van der Waals surface area (Å²) < 4.78 is 5.19. The molecule has 2 N–H and O–H groups in total. The van der Waals surface area contributed by atoms with Crippen LogP contribution < -0.4 is 5.32 Å². The molecular formula is C21H41N3O7S6. The molecule has 0 rings (SSSR count). The first kappa shape index (κ1) is 37.2. The molecule has 0 radical (unpaired) electrons. The number of carbonyl (C=O) groups is 1. The third-order valence-corrected chi connectivity index (χ3v) is 10.6. The van der Waals surface area contributed by atoms with Crippen LogP contribution in [-0.2, 0) is 24.3 Å². The summed E-state index contributed by atoms with van der Waals surface area (Å²) in [6, 6.07) is 0. The number of hydrogen-bond acceptors (Lipinski definition) is 15. The lowest BCUT2D eigenvalue weighted by molar-refractivity contribution is -0.218. The van der Waals surface area contributed by atoms with Crippen molar-refractivity contribution in [3.8, 4) is 0 Å². The SMILES string of the molecule is CCC/N=C/OOCCSCSCSCCOC(=O)NCCSCSCSCC/N=C/OOCCCO. The van der Waals surface area contributed by atoms with Crippen molar-refractivity contribution in [3.05, 3.63) is 0 Å². The highest BCUT2D eigenvalue weighted by atomic mass is 32.2. The Balaban J connectivity index is 3.20. The van der Waals surface area contributed by atoms with Gasteiger partial charge in [0.25, 0.3) is 0 Å². The van der Waals surface area contributed by atoms with Gasteiger partial charge in [-0.3, -0.25) is 9.98 Å².